The van der Waals surface area contributed by atoms with E-state index in [2.05, 4.69) is 15.0 Å². The van der Waals surface area contributed by atoms with E-state index in [9.17, 15) is 5.11 Å². The van der Waals surface area contributed by atoms with Gasteiger partial charge in [-0.05, 0) is 32.4 Å². The van der Waals surface area contributed by atoms with Crippen LogP contribution in [0.15, 0.2) is 24.5 Å². The Labute approximate surface area is 100 Å². The molecule has 1 N–H and O–H groups in total. The third kappa shape index (κ3) is 2.31. The van der Waals surface area contributed by atoms with Gasteiger partial charge in [-0.1, -0.05) is 6.07 Å². The maximum Gasteiger partial charge on any atom is 0.178 e. The van der Waals surface area contributed by atoms with Crippen LogP contribution in [0.4, 0.5) is 0 Å². The van der Waals surface area contributed by atoms with Crippen molar-refractivity contribution in [1.29, 1.82) is 0 Å². The average Bonchev–Trinajstić information content (AvgIpc) is 2.29. The van der Waals surface area contributed by atoms with Gasteiger partial charge in [-0.15, -0.1) is 0 Å². The molecule has 0 aromatic carbocycles. The van der Waals surface area contributed by atoms with Crippen LogP contribution in [0.5, 0.6) is 0 Å². The fourth-order valence-corrected chi connectivity index (χ4v) is 1.72. The Balaban J connectivity index is 2.49. The molecule has 0 saturated heterocycles. The minimum absolute atomic E-state index is 0.547. The van der Waals surface area contributed by atoms with E-state index >= 15 is 0 Å². The molecule has 0 spiro atoms. The van der Waals surface area contributed by atoms with Crippen LogP contribution in [-0.2, 0) is 0 Å². The molecule has 88 valence electrons. The molecule has 0 amide bonds. The van der Waals surface area contributed by atoms with Crippen LogP contribution >= 0.6 is 0 Å². The maximum absolute atomic E-state index is 9.52. The van der Waals surface area contributed by atoms with E-state index in [1.807, 2.05) is 26.0 Å². The summed E-state index contributed by atoms with van der Waals surface area (Å²) in [5.41, 5.74) is 3.36. The summed E-state index contributed by atoms with van der Waals surface area (Å²) in [6.45, 7) is 5.55. The second kappa shape index (κ2) is 4.59. The second-order valence-corrected chi connectivity index (χ2v) is 4.08. The molecule has 2 rings (SSSR count). The van der Waals surface area contributed by atoms with E-state index in [1.54, 1.807) is 19.3 Å². The van der Waals surface area contributed by atoms with Gasteiger partial charge >= 0.3 is 0 Å². The summed E-state index contributed by atoms with van der Waals surface area (Å²) >= 11 is 0. The molecule has 2 heterocycles. The quantitative estimate of drug-likeness (QED) is 0.857. The molecule has 4 nitrogen and oxygen atoms in total. The van der Waals surface area contributed by atoms with E-state index in [4.69, 9.17) is 0 Å². The van der Waals surface area contributed by atoms with Crippen molar-refractivity contribution in [1.82, 2.24) is 15.0 Å². The summed E-state index contributed by atoms with van der Waals surface area (Å²) in [4.78, 5) is 12.9. The van der Waals surface area contributed by atoms with Crippen molar-refractivity contribution >= 4 is 0 Å². The number of aliphatic hydroxyl groups excluding tert-OH is 1. The minimum atomic E-state index is -0.547. The Morgan fingerprint density at radius 1 is 1.24 bits per heavy atom. The number of aromatic nitrogens is 3. The van der Waals surface area contributed by atoms with Crippen molar-refractivity contribution in [3.8, 4) is 11.5 Å². The number of nitrogens with zero attached hydrogens (tertiary/aromatic N) is 3. The Bertz CT molecular complexity index is 538. The van der Waals surface area contributed by atoms with Gasteiger partial charge in [0, 0.05) is 23.7 Å². The standard InChI is InChI=1S/C13H15N3O/c1-8-5-4-6-14-12(8)13-15-7-11(10(3)17)9(2)16-13/h4-7,10,17H,1-3H3/t10-/m0/s1. The van der Waals surface area contributed by atoms with Gasteiger partial charge in [-0.2, -0.15) is 0 Å². The van der Waals surface area contributed by atoms with E-state index in [0.717, 1.165) is 22.5 Å². The third-order valence-corrected chi connectivity index (χ3v) is 2.69. The Hall–Kier alpha value is -1.81. The smallest absolute Gasteiger partial charge is 0.178 e. The maximum atomic E-state index is 9.52. The SMILES string of the molecule is Cc1cccnc1-c1ncc([C@H](C)O)c(C)n1. The molecule has 0 fully saturated rings. The Morgan fingerprint density at radius 3 is 2.59 bits per heavy atom. The largest absolute Gasteiger partial charge is 0.389 e. The van der Waals surface area contributed by atoms with Gasteiger partial charge in [-0.3, -0.25) is 4.98 Å². The number of pyridine rings is 1. The number of rotatable bonds is 2. The van der Waals surface area contributed by atoms with Gasteiger partial charge in [0.15, 0.2) is 5.82 Å². The van der Waals surface area contributed by atoms with Crippen molar-refractivity contribution in [2.45, 2.75) is 26.9 Å². The monoisotopic (exact) mass is 229 g/mol. The molecule has 0 bridgehead atoms. The van der Waals surface area contributed by atoms with Crippen LogP contribution in [-0.4, -0.2) is 20.1 Å². The Kier molecular flexibility index (Phi) is 3.15. The van der Waals surface area contributed by atoms with E-state index < -0.39 is 6.10 Å². The summed E-state index contributed by atoms with van der Waals surface area (Å²) in [7, 11) is 0. The van der Waals surface area contributed by atoms with Crippen molar-refractivity contribution in [2.75, 3.05) is 0 Å². The van der Waals surface area contributed by atoms with E-state index in [0.29, 0.717) is 5.82 Å². The van der Waals surface area contributed by atoms with Crippen LogP contribution in [0.3, 0.4) is 0 Å². The lowest BCUT2D eigenvalue weighted by atomic mass is 10.1. The number of aliphatic hydroxyl groups is 1. The van der Waals surface area contributed by atoms with Crippen molar-refractivity contribution < 1.29 is 5.11 Å². The van der Waals surface area contributed by atoms with Crippen molar-refractivity contribution in [3.05, 3.63) is 41.3 Å². The molecule has 0 aliphatic heterocycles. The zero-order valence-electron chi connectivity index (χ0n) is 10.2. The van der Waals surface area contributed by atoms with Crippen LogP contribution < -0.4 is 0 Å². The topological polar surface area (TPSA) is 58.9 Å². The highest BCUT2D eigenvalue weighted by Crippen LogP contribution is 2.20. The molecule has 4 heteroatoms. The van der Waals surface area contributed by atoms with Crippen molar-refractivity contribution in [2.24, 2.45) is 0 Å². The molecule has 1 atom stereocenters. The third-order valence-electron chi connectivity index (χ3n) is 2.69. The molecule has 0 radical (unpaired) electrons. The molecular weight excluding hydrogens is 214 g/mol. The molecule has 0 unspecified atom stereocenters. The second-order valence-electron chi connectivity index (χ2n) is 4.08. The predicted octanol–water partition coefficient (Wildman–Crippen LogP) is 2.21. The van der Waals surface area contributed by atoms with Gasteiger partial charge in [-0.25, -0.2) is 9.97 Å². The summed E-state index contributed by atoms with van der Waals surface area (Å²) in [5.74, 6) is 0.602. The Morgan fingerprint density at radius 2 is 2.00 bits per heavy atom. The fourth-order valence-electron chi connectivity index (χ4n) is 1.72. The first-order valence-electron chi connectivity index (χ1n) is 5.53. The van der Waals surface area contributed by atoms with Gasteiger partial charge < -0.3 is 5.11 Å². The molecular formula is C13H15N3O. The number of hydrogen-bond acceptors (Lipinski definition) is 4. The highest BCUT2D eigenvalue weighted by Gasteiger charge is 2.11. The molecule has 0 saturated carbocycles. The van der Waals surface area contributed by atoms with Crippen LogP contribution in [0.2, 0.25) is 0 Å². The van der Waals surface area contributed by atoms with E-state index in [1.165, 1.54) is 0 Å². The molecule has 2 aromatic heterocycles. The summed E-state index contributed by atoms with van der Waals surface area (Å²) in [6, 6.07) is 3.86. The lowest BCUT2D eigenvalue weighted by Gasteiger charge is -2.09. The van der Waals surface area contributed by atoms with Crippen molar-refractivity contribution in [3.63, 3.8) is 0 Å². The lowest BCUT2D eigenvalue weighted by molar-refractivity contribution is 0.197. The molecule has 0 aliphatic rings. The zero-order chi connectivity index (χ0) is 12.4. The lowest BCUT2D eigenvalue weighted by Crippen LogP contribution is -2.02. The first-order valence-corrected chi connectivity index (χ1v) is 5.53. The van der Waals surface area contributed by atoms with Gasteiger partial charge in [0.1, 0.15) is 5.69 Å². The molecule has 17 heavy (non-hydrogen) atoms. The van der Waals surface area contributed by atoms with Crippen LogP contribution in [0.1, 0.15) is 29.8 Å². The highest BCUT2D eigenvalue weighted by atomic mass is 16.3. The van der Waals surface area contributed by atoms with E-state index in [-0.39, 0.29) is 0 Å². The van der Waals surface area contributed by atoms with Gasteiger partial charge in [0.2, 0.25) is 0 Å². The summed E-state index contributed by atoms with van der Waals surface area (Å²) in [5, 5.41) is 9.52. The average molecular weight is 229 g/mol. The van der Waals surface area contributed by atoms with Gasteiger partial charge in [0.25, 0.3) is 0 Å². The van der Waals surface area contributed by atoms with Crippen LogP contribution in [0.25, 0.3) is 11.5 Å². The predicted molar refractivity (Wildman–Crippen MR) is 65.4 cm³/mol. The first kappa shape index (κ1) is 11.7. The normalized spacial score (nSPS) is 12.5. The summed E-state index contributed by atoms with van der Waals surface area (Å²) < 4.78 is 0. The fraction of sp³-hybridized carbons (Fsp3) is 0.308. The molecule has 2 aromatic rings. The first-order chi connectivity index (χ1) is 8.09. The summed E-state index contributed by atoms with van der Waals surface area (Å²) in [6.07, 6.45) is 2.84. The van der Waals surface area contributed by atoms with Gasteiger partial charge in [0.05, 0.1) is 6.10 Å². The molecule has 0 aliphatic carbocycles. The van der Waals surface area contributed by atoms with Crippen LogP contribution in [0, 0.1) is 13.8 Å². The zero-order valence-corrected chi connectivity index (χ0v) is 10.2. The number of aryl methyl sites for hydroxylation is 2. The number of hydrogen-bond donors (Lipinski definition) is 1. The highest BCUT2D eigenvalue weighted by molar-refractivity contribution is 5.54. The minimum Gasteiger partial charge on any atom is -0.389 e.